The molecule has 3 heterocycles. The third-order valence-electron chi connectivity index (χ3n) is 6.38. The lowest BCUT2D eigenvalue weighted by molar-refractivity contribution is -0.119. The average Bonchev–Trinajstić information content (AvgIpc) is 3.30. The minimum absolute atomic E-state index is 0.0684. The molecule has 40 heavy (non-hydrogen) atoms. The Morgan fingerprint density at radius 3 is 2.55 bits per heavy atom. The van der Waals surface area contributed by atoms with E-state index in [0.29, 0.717) is 51.6 Å². The Morgan fingerprint density at radius 2 is 1.85 bits per heavy atom. The van der Waals surface area contributed by atoms with Crippen LogP contribution in [-0.4, -0.2) is 28.9 Å². The van der Waals surface area contributed by atoms with E-state index < -0.39 is 17.7 Å². The molecule has 0 bridgehead atoms. The summed E-state index contributed by atoms with van der Waals surface area (Å²) in [6.07, 6.45) is 1.65. The van der Waals surface area contributed by atoms with E-state index in [4.69, 9.17) is 9.72 Å². The number of ether oxygens (including phenoxy) is 1. The van der Waals surface area contributed by atoms with Crippen molar-refractivity contribution in [3.63, 3.8) is 0 Å². The molecule has 2 amide bonds. The SMILES string of the molecule is COc1ccc(C#Cc2ccc(-c3ccc4c(c3)C(=O)NC4)c([C@H](Cc3cc(F)cc(F)c3)NC(C)=O)n2)cn1. The zero-order valence-corrected chi connectivity index (χ0v) is 21.7. The van der Waals surface area contributed by atoms with Crippen molar-refractivity contribution in [1.29, 1.82) is 0 Å². The predicted molar refractivity (Wildman–Crippen MR) is 144 cm³/mol. The highest BCUT2D eigenvalue weighted by molar-refractivity contribution is 5.99. The number of methoxy groups -OCH3 is 1. The number of nitrogens with one attached hydrogen (secondary N) is 2. The normalized spacial score (nSPS) is 12.6. The van der Waals surface area contributed by atoms with Crippen LogP contribution in [0.4, 0.5) is 8.78 Å². The molecule has 7 nitrogen and oxygen atoms in total. The van der Waals surface area contributed by atoms with Gasteiger partial charge in [0.1, 0.15) is 17.3 Å². The van der Waals surface area contributed by atoms with Crippen LogP contribution in [0.1, 0.15) is 51.4 Å². The topological polar surface area (TPSA) is 93.2 Å². The maximum atomic E-state index is 14.0. The Hall–Kier alpha value is -5.10. The standard InChI is InChI=1S/C31H24F2N4O3/c1-18(38)36-28(13-20-11-23(32)15-24(33)12-20)30-26(21-5-6-22-17-35-31(39)27(22)14-21)9-8-25(37-30)7-3-19-4-10-29(40-2)34-16-19/h4-6,8-12,14-16,28H,13,17H2,1-2H3,(H,35,39)(H,36,38)/t28-/m0/s1. The van der Waals surface area contributed by atoms with Gasteiger partial charge in [0, 0.05) is 48.5 Å². The Labute approximate surface area is 229 Å². The molecule has 5 rings (SSSR count). The van der Waals surface area contributed by atoms with Crippen molar-refractivity contribution in [3.05, 3.63) is 112 Å². The summed E-state index contributed by atoms with van der Waals surface area (Å²) in [4.78, 5) is 33.5. The molecule has 0 unspecified atom stereocenters. The molecule has 0 saturated carbocycles. The maximum absolute atomic E-state index is 14.0. The van der Waals surface area contributed by atoms with E-state index in [9.17, 15) is 18.4 Å². The second-order valence-corrected chi connectivity index (χ2v) is 9.26. The molecule has 1 atom stereocenters. The first-order valence-electron chi connectivity index (χ1n) is 12.5. The predicted octanol–water partition coefficient (Wildman–Crippen LogP) is 4.49. The van der Waals surface area contributed by atoms with Gasteiger partial charge in [0.2, 0.25) is 11.8 Å². The first-order chi connectivity index (χ1) is 19.3. The zero-order valence-electron chi connectivity index (χ0n) is 21.7. The van der Waals surface area contributed by atoms with Crippen molar-refractivity contribution < 1.29 is 23.1 Å². The fraction of sp³-hybridized carbons (Fsp3) is 0.161. The molecule has 1 aliphatic heterocycles. The fourth-order valence-corrected chi connectivity index (χ4v) is 4.57. The lowest BCUT2D eigenvalue weighted by Crippen LogP contribution is -2.29. The largest absolute Gasteiger partial charge is 0.481 e. The van der Waals surface area contributed by atoms with Crippen LogP contribution in [0.15, 0.2) is 66.9 Å². The molecule has 4 aromatic rings. The minimum atomic E-state index is -0.750. The van der Waals surface area contributed by atoms with E-state index in [0.717, 1.165) is 11.6 Å². The van der Waals surface area contributed by atoms with Gasteiger partial charge in [-0.25, -0.2) is 18.7 Å². The molecule has 2 aromatic heterocycles. The average molecular weight is 539 g/mol. The van der Waals surface area contributed by atoms with Crippen molar-refractivity contribution in [2.24, 2.45) is 0 Å². The van der Waals surface area contributed by atoms with Gasteiger partial charge in [-0.15, -0.1) is 0 Å². The van der Waals surface area contributed by atoms with Crippen molar-refractivity contribution >= 4 is 11.8 Å². The molecule has 9 heteroatoms. The van der Waals surface area contributed by atoms with Gasteiger partial charge in [-0.1, -0.05) is 18.1 Å². The van der Waals surface area contributed by atoms with Gasteiger partial charge in [-0.2, -0.15) is 0 Å². The van der Waals surface area contributed by atoms with Crippen LogP contribution in [0.2, 0.25) is 0 Å². The summed E-state index contributed by atoms with van der Waals surface area (Å²) in [7, 11) is 1.53. The number of carbonyl (C=O) groups is 2. The van der Waals surface area contributed by atoms with Crippen LogP contribution in [0.25, 0.3) is 11.1 Å². The van der Waals surface area contributed by atoms with E-state index in [1.54, 1.807) is 30.5 Å². The molecule has 1 aliphatic rings. The van der Waals surface area contributed by atoms with E-state index in [1.165, 1.54) is 26.2 Å². The van der Waals surface area contributed by atoms with Crippen molar-refractivity contribution in [2.75, 3.05) is 7.11 Å². The number of hydrogen-bond donors (Lipinski definition) is 2. The van der Waals surface area contributed by atoms with E-state index >= 15 is 0 Å². The fourth-order valence-electron chi connectivity index (χ4n) is 4.57. The Bertz CT molecular complexity index is 1660. The molecule has 0 radical (unpaired) electrons. The summed E-state index contributed by atoms with van der Waals surface area (Å²) in [6, 6.07) is 15.0. The van der Waals surface area contributed by atoms with Crippen molar-refractivity contribution in [2.45, 2.75) is 25.9 Å². The summed E-state index contributed by atoms with van der Waals surface area (Å²) >= 11 is 0. The van der Waals surface area contributed by atoms with Crippen LogP contribution in [-0.2, 0) is 17.8 Å². The number of pyridine rings is 2. The number of halogens is 2. The highest BCUT2D eigenvalue weighted by Crippen LogP contribution is 2.32. The van der Waals surface area contributed by atoms with Crippen LogP contribution in [0.5, 0.6) is 5.88 Å². The number of amides is 2. The highest BCUT2D eigenvalue weighted by Gasteiger charge is 2.24. The van der Waals surface area contributed by atoms with E-state index in [2.05, 4.69) is 27.5 Å². The van der Waals surface area contributed by atoms with Crippen LogP contribution < -0.4 is 15.4 Å². The molecular formula is C31H24F2N4O3. The van der Waals surface area contributed by atoms with Crippen molar-refractivity contribution in [1.82, 2.24) is 20.6 Å². The smallest absolute Gasteiger partial charge is 0.251 e. The summed E-state index contributed by atoms with van der Waals surface area (Å²) in [5.41, 5.74) is 4.64. The second kappa shape index (κ2) is 11.3. The van der Waals surface area contributed by atoms with Gasteiger partial charge in [0.15, 0.2) is 0 Å². The van der Waals surface area contributed by atoms with Gasteiger partial charge < -0.3 is 15.4 Å². The molecule has 2 aromatic carbocycles. The lowest BCUT2D eigenvalue weighted by Gasteiger charge is -2.21. The molecule has 0 spiro atoms. The number of hydrogen-bond acceptors (Lipinski definition) is 5. The summed E-state index contributed by atoms with van der Waals surface area (Å²) < 4.78 is 33.1. The molecule has 2 N–H and O–H groups in total. The number of nitrogens with zero attached hydrogens (tertiary/aromatic N) is 2. The molecule has 200 valence electrons. The summed E-state index contributed by atoms with van der Waals surface area (Å²) in [6.45, 7) is 1.81. The van der Waals surface area contributed by atoms with Crippen LogP contribution >= 0.6 is 0 Å². The lowest BCUT2D eigenvalue weighted by atomic mass is 9.93. The molecular weight excluding hydrogens is 514 g/mol. The third kappa shape index (κ3) is 5.97. The van der Waals surface area contributed by atoms with E-state index in [1.807, 2.05) is 18.2 Å². The van der Waals surface area contributed by atoms with Gasteiger partial charge >= 0.3 is 0 Å². The maximum Gasteiger partial charge on any atom is 0.251 e. The number of benzene rings is 2. The molecule has 0 aliphatic carbocycles. The molecule has 0 fully saturated rings. The monoisotopic (exact) mass is 538 g/mol. The molecule has 0 saturated heterocycles. The van der Waals surface area contributed by atoms with Gasteiger partial charge in [-0.3, -0.25) is 9.59 Å². The highest BCUT2D eigenvalue weighted by atomic mass is 19.1. The third-order valence-corrected chi connectivity index (χ3v) is 6.38. The second-order valence-electron chi connectivity index (χ2n) is 9.26. The van der Waals surface area contributed by atoms with Gasteiger partial charge in [0.25, 0.3) is 5.91 Å². The van der Waals surface area contributed by atoms with Crippen molar-refractivity contribution in [3.8, 4) is 28.8 Å². The van der Waals surface area contributed by atoms with E-state index in [-0.39, 0.29) is 18.2 Å². The Morgan fingerprint density at radius 1 is 1.05 bits per heavy atom. The number of aromatic nitrogens is 2. The van der Waals surface area contributed by atoms with Crippen LogP contribution in [0.3, 0.4) is 0 Å². The Balaban J connectivity index is 1.61. The van der Waals surface area contributed by atoms with Gasteiger partial charge in [0.05, 0.1) is 18.8 Å². The first-order valence-corrected chi connectivity index (χ1v) is 12.5. The summed E-state index contributed by atoms with van der Waals surface area (Å²) in [5, 5.41) is 5.68. The summed E-state index contributed by atoms with van der Waals surface area (Å²) in [5.74, 6) is 4.54. The number of fused-ring (bicyclic) bond motifs is 1. The van der Waals surface area contributed by atoms with Gasteiger partial charge in [-0.05, 0) is 65.4 Å². The number of rotatable bonds is 6. The zero-order chi connectivity index (χ0) is 28.2. The van der Waals surface area contributed by atoms with Crippen LogP contribution in [0, 0.1) is 23.5 Å². The quantitative estimate of drug-likeness (QED) is 0.353. The Kier molecular flexibility index (Phi) is 7.51. The number of carbonyl (C=O) groups excluding carboxylic acids is 2. The minimum Gasteiger partial charge on any atom is -0.481 e. The first kappa shape index (κ1) is 26.5.